The first-order chi connectivity index (χ1) is 12.0. The number of carbonyl (C=O) groups excluding carboxylic acids is 2. The number of hydrogen-bond acceptors (Lipinski definition) is 7. The second-order valence-electron chi connectivity index (χ2n) is 5.62. The van der Waals surface area contributed by atoms with Gasteiger partial charge in [-0.3, -0.25) is 25.0 Å². The Labute approximate surface area is 143 Å². The van der Waals surface area contributed by atoms with E-state index in [9.17, 15) is 19.7 Å². The van der Waals surface area contributed by atoms with Crippen molar-refractivity contribution in [2.75, 3.05) is 31.6 Å². The molecule has 10 heteroatoms. The molecule has 2 amide bonds. The Morgan fingerprint density at radius 2 is 2.16 bits per heavy atom. The normalized spacial score (nSPS) is 20.5. The second-order valence-corrected chi connectivity index (χ2v) is 5.62. The zero-order valence-corrected chi connectivity index (χ0v) is 13.3. The van der Waals surface area contributed by atoms with Crippen molar-refractivity contribution in [3.63, 3.8) is 0 Å². The van der Waals surface area contributed by atoms with Gasteiger partial charge in [-0.1, -0.05) is 6.07 Å². The third kappa shape index (κ3) is 4.10. The minimum atomic E-state index is -0.883. The molecule has 0 unspecified atom stereocenters. The molecule has 1 aromatic carbocycles. The van der Waals surface area contributed by atoms with Gasteiger partial charge in [-0.15, -0.1) is 0 Å². The zero-order chi connectivity index (χ0) is 17.8. The number of rotatable bonds is 3. The van der Waals surface area contributed by atoms with Gasteiger partial charge >= 0.3 is 0 Å². The number of anilines is 1. The minimum absolute atomic E-state index is 0.0748. The van der Waals surface area contributed by atoms with Gasteiger partial charge in [0, 0.05) is 30.9 Å². The summed E-state index contributed by atoms with van der Waals surface area (Å²) < 4.78 is 5.26. The Kier molecular flexibility index (Phi) is 4.89. The number of nitro groups is 1. The molecule has 0 saturated carbocycles. The number of ether oxygens (including phenoxy) is 1. The van der Waals surface area contributed by atoms with Gasteiger partial charge in [0.2, 0.25) is 17.8 Å². The number of nitrogens with zero attached hydrogens (tertiary/aromatic N) is 3. The lowest BCUT2D eigenvalue weighted by Crippen LogP contribution is -2.53. The van der Waals surface area contributed by atoms with E-state index >= 15 is 0 Å². The quantitative estimate of drug-likeness (QED) is 0.590. The number of nitrogens with one attached hydrogen (secondary N) is 2. The van der Waals surface area contributed by atoms with Gasteiger partial charge in [0.15, 0.2) is 0 Å². The van der Waals surface area contributed by atoms with Gasteiger partial charge in [0.25, 0.3) is 5.69 Å². The highest BCUT2D eigenvalue weighted by molar-refractivity contribution is 6.06. The van der Waals surface area contributed by atoms with Gasteiger partial charge in [0.1, 0.15) is 6.04 Å². The van der Waals surface area contributed by atoms with E-state index in [1.165, 1.54) is 18.2 Å². The Bertz CT molecular complexity index is 729. The molecule has 1 saturated heterocycles. The lowest BCUT2D eigenvalue weighted by Gasteiger charge is -2.32. The molecule has 1 aromatic rings. The number of carbonyl (C=O) groups is 2. The second kappa shape index (κ2) is 7.26. The highest BCUT2D eigenvalue weighted by Crippen LogP contribution is 2.18. The predicted octanol–water partition coefficient (Wildman–Crippen LogP) is 0.110. The molecule has 2 aliphatic heterocycles. The topological polar surface area (TPSA) is 126 Å². The Hall–Kier alpha value is -3.01. The lowest BCUT2D eigenvalue weighted by molar-refractivity contribution is -0.384. The van der Waals surface area contributed by atoms with Crippen molar-refractivity contribution in [2.45, 2.75) is 12.5 Å². The van der Waals surface area contributed by atoms with Crippen LogP contribution in [0.2, 0.25) is 0 Å². The Balaban J connectivity index is 1.73. The maximum atomic E-state index is 12.4. The van der Waals surface area contributed by atoms with E-state index in [-0.39, 0.29) is 23.7 Å². The minimum Gasteiger partial charge on any atom is -0.378 e. The molecule has 0 aliphatic carbocycles. The van der Waals surface area contributed by atoms with Crippen LogP contribution in [0, 0.1) is 10.1 Å². The number of aliphatic imine (C=N–C) groups is 1. The standard InChI is InChI=1S/C15H17N5O5/c21-13-9-12(17-15(18-13)19-4-6-25-7-5-19)14(22)16-10-2-1-3-11(8-10)20(23)24/h1-3,8,12H,4-7,9H2,(H,16,22)(H,17,18,21)/t12-/m1/s1. The van der Waals surface area contributed by atoms with E-state index in [4.69, 9.17) is 4.74 Å². The summed E-state index contributed by atoms with van der Waals surface area (Å²) in [6, 6.07) is 4.72. The molecule has 1 atom stereocenters. The molecule has 0 aromatic heterocycles. The summed E-state index contributed by atoms with van der Waals surface area (Å²) in [5.74, 6) is -0.421. The Morgan fingerprint density at radius 1 is 1.40 bits per heavy atom. The first kappa shape index (κ1) is 16.8. The van der Waals surface area contributed by atoms with Crippen molar-refractivity contribution in [3.8, 4) is 0 Å². The van der Waals surface area contributed by atoms with Crippen LogP contribution in [-0.4, -0.2) is 59.9 Å². The molecule has 1 fully saturated rings. The molecule has 2 heterocycles. The predicted molar refractivity (Wildman–Crippen MR) is 88.1 cm³/mol. The molecule has 132 valence electrons. The maximum Gasteiger partial charge on any atom is 0.271 e. The van der Waals surface area contributed by atoms with Crippen LogP contribution in [0.1, 0.15) is 6.42 Å². The van der Waals surface area contributed by atoms with Crippen LogP contribution in [0.4, 0.5) is 11.4 Å². The highest BCUT2D eigenvalue weighted by Gasteiger charge is 2.30. The number of morpholine rings is 1. The van der Waals surface area contributed by atoms with E-state index in [0.29, 0.717) is 32.3 Å². The first-order valence-electron chi connectivity index (χ1n) is 7.78. The largest absolute Gasteiger partial charge is 0.378 e. The molecular weight excluding hydrogens is 330 g/mol. The van der Waals surface area contributed by atoms with Gasteiger partial charge < -0.3 is 15.0 Å². The van der Waals surface area contributed by atoms with Crippen molar-refractivity contribution in [1.82, 2.24) is 10.2 Å². The molecule has 0 spiro atoms. The monoisotopic (exact) mass is 347 g/mol. The molecule has 0 bridgehead atoms. The number of benzene rings is 1. The van der Waals surface area contributed by atoms with Gasteiger partial charge in [0.05, 0.1) is 24.6 Å². The average Bonchev–Trinajstić information content (AvgIpc) is 2.62. The van der Waals surface area contributed by atoms with Crippen LogP contribution in [0.3, 0.4) is 0 Å². The lowest BCUT2D eigenvalue weighted by atomic mass is 10.1. The molecule has 0 radical (unpaired) electrons. The molecule has 3 rings (SSSR count). The number of amides is 2. The number of guanidine groups is 1. The zero-order valence-electron chi connectivity index (χ0n) is 13.3. The molecular formula is C15H17N5O5. The van der Waals surface area contributed by atoms with E-state index in [1.54, 1.807) is 6.07 Å². The molecule has 2 N–H and O–H groups in total. The van der Waals surface area contributed by atoms with Gasteiger partial charge in [-0.2, -0.15) is 0 Å². The van der Waals surface area contributed by atoms with Crippen LogP contribution in [0.5, 0.6) is 0 Å². The third-order valence-electron chi connectivity index (χ3n) is 3.85. The Morgan fingerprint density at radius 3 is 2.88 bits per heavy atom. The smallest absolute Gasteiger partial charge is 0.271 e. The number of nitro benzene ring substituents is 1. The average molecular weight is 347 g/mol. The summed E-state index contributed by atoms with van der Waals surface area (Å²) in [5, 5.41) is 16.1. The molecule has 25 heavy (non-hydrogen) atoms. The van der Waals surface area contributed by atoms with Crippen molar-refractivity contribution >= 4 is 29.1 Å². The van der Waals surface area contributed by atoms with Crippen molar-refractivity contribution in [2.24, 2.45) is 4.99 Å². The first-order valence-corrected chi connectivity index (χ1v) is 7.78. The van der Waals surface area contributed by atoms with Gasteiger partial charge in [-0.25, -0.2) is 4.99 Å². The van der Waals surface area contributed by atoms with Crippen LogP contribution in [-0.2, 0) is 14.3 Å². The number of hydrogen-bond donors (Lipinski definition) is 2. The summed E-state index contributed by atoms with van der Waals surface area (Å²) in [7, 11) is 0. The van der Waals surface area contributed by atoms with Crippen molar-refractivity contribution in [3.05, 3.63) is 34.4 Å². The van der Waals surface area contributed by atoms with Crippen LogP contribution < -0.4 is 10.6 Å². The fourth-order valence-corrected chi connectivity index (χ4v) is 2.59. The third-order valence-corrected chi connectivity index (χ3v) is 3.85. The maximum absolute atomic E-state index is 12.4. The van der Waals surface area contributed by atoms with E-state index in [1.807, 2.05) is 4.90 Å². The fraction of sp³-hybridized carbons (Fsp3) is 0.400. The van der Waals surface area contributed by atoms with Crippen LogP contribution >= 0.6 is 0 Å². The molecule has 10 nitrogen and oxygen atoms in total. The van der Waals surface area contributed by atoms with E-state index in [2.05, 4.69) is 15.6 Å². The summed E-state index contributed by atoms with van der Waals surface area (Å²) in [6.45, 7) is 2.22. The highest BCUT2D eigenvalue weighted by atomic mass is 16.6. The van der Waals surface area contributed by atoms with E-state index in [0.717, 1.165) is 0 Å². The van der Waals surface area contributed by atoms with Gasteiger partial charge in [-0.05, 0) is 6.07 Å². The number of non-ortho nitro benzene ring substituents is 1. The summed E-state index contributed by atoms with van der Waals surface area (Å²) >= 11 is 0. The fourth-order valence-electron chi connectivity index (χ4n) is 2.59. The molecule has 2 aliphatic rings. The van der Waals surface area contributed by atoms with Crippen molar-refractivity contribution in [1.29, 1.82) is 0 Å². The SMILES string of the molecule is O=C1C[C@H](C(=O)Nc2cccc([N+](=O)[O-])c2)N=C(N2CCOCC2)N1. The van der Waals surface area contributed by atoms with Crippen LogP contribution in [0.15, 0.2) is 29.3 Å². The van der Waals surface area contributed by atoms with Crippen LogP contribution in [0.25, 0.3) is 0 Å². The van der Waals surface area contributed by atoms with Crippen molar-refractivity contribution < 1.29 is 19.2 Å². The van der Waals surface area contributed by atoms with E-state index < -0.39 is 16.9 Å². The summed E-state index contributed by atoms with van der Waals surface area (Å²) in [4.78, 5) is 40.8. The summed E-state index contributed by atoms with van der Waals surface area (Å²) in [5.41, 5.74) is 0.157. The summed E-state index contributed by atoms with van der Waals surface area (Å²) in [6.07, 6.45) is -0.0748.